The van der Waals surface area contributed by atoms with E-state index in [0.717, 1.165) is 6.54 Å². The summed E-state index contributed by atoms with van der Waals surface area (Å²) in [5.74, 6) is 1.49. The Bertz CT molecular complexity index is 600. The number of piperidine rings is 3. The molecule has 1 amide bonds. The molecule has 0 aromatic heterocycles. The molecule has 0 N–H and O–H groups in total. The molecule has 24 heavy (non-hydrogen) atoms. The van der Waals surface area contributed by atoms with Gasteiger partial charge >= 0.3 is 0 Å². The number of thioether (sulfide) groups is 1. The topological polar surface area (TPSA) is 40.6 Å². The number of benzene rings is 1. The number of rotatable bonds is 6. The highest BCUT2D eigenvalue weighted by molar-refractivity contribution is 8.00. The SMILES string of the molecule is CN(C(=O)CSCC(=O)c1ccc(Cl)cc1)C1CN2CCC1CC2. The highest BCUT2D eigenvalue weighted by atomic mass is 35.5. The van der Waals surface area contributed by atoms with E-state index in [0.29, 0.717) is 34.1 Å². The molecule has 6 heteroatoms. The summed E-state index contributed by atoms with van der Waals surface area (Å²) in [5.41, 5.74) is 0.644. The summed E-state index contributed by atoms with van der Waals surface area (Å²) in [6, 6.07) is 7.23. The van der Waals surface area contributed by atoms with E-state index in [1.54, 1.807) is 24.3 Å². The Kier molecular flexibility index (Phi) is 5.85. The van der Waals surface area contributed by atoms with E-state index in [1.165, 1.54) is 37.7 Å². The molecule has 0 radical (unpaired) electrons. The summed E-state index contributed by atoms with van der Waals surface area (Å²) in [6.07, 6.45) is 2.40. The minimum absolute atomic E-state index is 0.0370. The zero-order valence-electron chi connectivity index (χ0n) is 13.9. The zero-order valence-corrected chi connectivity index (χ0v) is 15.5. The third kappa shape index (κ3) is 4.13. The van der Waals surface area contributed by atoms with Crippen LogP contribution in [0.5, 0.6) is 0 Å². The molecule has 1 aromatic rings. The lowest BCUT2D eigenvalue weighted by Crippen LogP contribution is -2.57. The largest absolute Gasteiger partial charge is 0.340 e. The molecule has 4 rings (SSSR count). The van der Waals surface area contributed by atoms with E-state index >= 15 is 0 Å². The van der Waals surface area contributed by atoms with Gasteiger partial charge < -0.3 is 9.80 Å². The number of carbonyl (C=O) groups excluding carboxylic acids is 2. The second kappa shape index (κ2) is 7.89. The first kappa shape index (κ1) is 17.8. The molecule has 3 aliphatic heterocycles. The first-order chi connectivity index (χ1) is 11.5. The molecule has 3 fully saturated rings. The molecule has 1 unspecified atom stereocenters. The molecule has 0 saturated carbocycles. The van der Waals surface area contributed by atoms with Crippen molar-refractivity contribution in [2.75, 3.05) is 38.2 Å². The molecule has 3 aliphatic rings. The highest BCUT2D eigenvalue weighted by Crippen LogP contribution is 2.30. The summed E-state index contributed by atoms with van der Waals surface area (Å²) in [4.78, 5) is 28.9. The summed E-state index contributed by atoms with van der Waals surface area (Å²) < 4.78 is 0. The number of amides is 1. The van der Waals surface area contributed by atoms with Gasteiger partial charge in [-0.05, 0) is 56.1 Å². The zero-order chi connectivity index (χ0) is 17.1. The fourth-order valence-electron chi connectivity index (χ4n) is 3.61. The third-order valence-corrected chi connectivity index (χ3v) is 6.31. The van der Waals surface area contributed by atoms with Crippen molar-refractivity contribution >= 4 is 35.1 Å². The maximum absolute atomic E-state index is 12.4. The van der Waals surface area contributed by atoms with Gasteiger partial charge in [-0.3, -0.25) is 9.59 Å². The number of fused-ring (bicyclic) bond motifs is 3. The maximum Gasteiger partial charge on any atom is 0.232 e. The number of hydrogen-bond acceptors (Lipinski definition) is 4. The van der Waals surface area contributed by atoms with Crippen LogP contribution in [0.4, 0.5) is 0 Å². The van der Waals surface area contributed by atoms with Crippen molar-refractivity contribution in [2.45, 2.75) is 18.9 Å². The van der Waals surface area contributed by atoms with Crippen molar-refractivity contribution in [3.05, 3.63) is 34.9 Å². The number of halogens is 1. The Morgan fingerprint density at radius 1 is 1.21 bits per heavy atom. The van der Waals surface area contributed by atoms with Gasteiger partial charge in [0.1, 0.15) is 0 Å². The summed E-state index contributed by atoms with van der Waals surface area (Å²) in [6.45, 7) is 3.35. The van der Waals surface area contributed by atoms with E-state index in [4.69, 9.17) is 11.6 Å². The second-order valence-corrected chi connectivity index (χ2v) is 8.05. The van der Waals surface area contributed by atoms with Crippen molar-refractivity contribution in [1.29, 1.82) is 0 Å². The fraction of sp³-hybridized carbons (Fsp3) is 0.556. The van der Waals surface area contributed by atoms with Crippen LogP contribution in [0.2, 0.25) is 5.02 Å². The van der Waals surface area contributed by atoms with E-state index < -0.39 is 0 Å². The van der Waals surface area contributed by atoms with Crippen LogP contribution in [0.15, 0.2) is 24.3 Å². The van der Waals surface area contributed by atoms with Gasteiger partial charge in [-0.25, -0.2) is 0 Å². The van der Waals surface area contributed by atoms with Gasteiger partial charge in [0.25, 0.3) is 0 Å². The fourth-order valence-corrected chi connectivity index (χ4v) is 4.57. The van der Waals surface area contributed by atoms with Crippen molar-refractivity contribution in [3.63, 3.8) is 0 Å². The van der Waals surface area contributed by atoms with Gasteiger partial charge in [0, 0.05) is 30.2 Å². The number of carbonyl (C=O) groups is 2. The molecule has 0 spiro atoms. The maximum atomic E-state index is 12.4. The average molecular weight is 367 g/mol. The molecule has 3 heterocycles. The van der Waals surface area contributed by atoms with Gasteiger partial charge in [0.2, 0.25) is 5.91 Å². The van der Waals surface area contributed by atoms with Crippen molar-refractivity contribution in [1.82, 2.24) is 9.80 Å². The van der Waals surface area contributed by atoms with Crippen LogP contribution < -0.4 is 0 Å². The first-order valence-corrected chi connectivity index (χ1v) is 9.92. The molecule has 130 valence electrons. The van der Waals surface area contributed by atoms with Gasteiger partial charge in [0.05, 0.1) is 11.5 Å². The summed E-state index contributed by atoms with van der Waals surface area (Å²) in [5, 5.41) is 0.619. The molecular weight excluding hydrogens is 344 g/mol. The van der Waals surface area contributed by atoms with E-state index in [2.05, 4.69) is 4.90 Å². The average Bonchev–Trinajstić information content (AvgIpc) is 2.62. The first-order valence-electron chi connectivity index (χ1n) is 8.39. The van der Waals surface area contributed by atoms with E-state index in [9.17, 15) is 9.59 Å². The van der Waals surface area contributed by atoms with Crippen molar-refractivity contribution < 1.29 is 9.59 Å². The lowest BCUT2D eigenvalue weighted by Gasteiger charge is -2.48. The minimum Gasteiger partial charge on any atom is -0.340 e. The standard InChI is InChI=1S/C18H23ClN2O2S/c1-20(16-10-21-8-6-13(16)7-9-21)18(23)12-24-11-17(22)14-2-4-15(19)5-3-14/h2-5,13,16H,6-12H2,1H3. The van der Waals surface area contributed by atoms with Crippen LogP contribution in [0.3, 0.4) is 0 Å². The Morgan fingerprint density at radius 2 is 1.88 bits per heavy atom. The monoisotopic (exact) mass is 366 g/mol. The molecule has 2 bridgehead atoms. The van der Waals surface area contributed by atoms with Crippen LogP contribution >= 0.6 is 23.4 Å². The number of nitrogens with zero attached hydrogens (tertiary/aromatic N) is 2. The van der Waals surface area contributed by atoms with Crippen LogP contribution in [0.25, 0.3) is 0 Å². The lowest BCUT2D eigenvalue weighted by molar-refractivity contribution is -0.132. The molecule has 3 saturated heterocycles. The van der Waals surface area contributed by atoms with Gasteiger partial charge in [-0.1, -0.05) is 11.6 Å². The third-order valence-electron chi connectivity index (χ3n) is 5.14. The molecule has 4 nitrogen and oxygen atoms in total. The molecule has 1 atom stereocenters. The van der Waals surface area contributed by atoms with Gasteiger partial charge in [0.15, 0.2) is 5.78 Å². The summed E-state index contributed by atoms with van der Waals surface area (Å²) >= 11 is 7.22. The molecule has 0 aliphatic carbocycles. The van der Waals surface area contributed by atoms with Crippen LogP contribution in [0.1, 0.15) is 23.2 Å². The van der Waals surface area contributed by atoms with Crippen LogP contribution in [-0.4, -0.2) is 65.7 Å². The Labute approximate surface area is 152 Å². The smallest absolute Gasteiger partial charge is 0.232 e. The highest BCUT2D eigenvalue weighted by Gasteiger charge is 2.37. The number of Topliss-reactive ketones (excluding diaryl/α,β-unsaturated/α-hetero) is 1. The number of likely N-dealkylation sites (N-methyl/N-ethyl adjacent to an activating group) is 1. The van der Waals surface area contributed by atoms with E-state index in [1.807, 2.05) is 11.9 Å². The lowest BCUT2D eigenvalue weighted by atomic mass is 9.83. The van der Waals surface area contributed by atoms with Gasteiger partial charge in [-0.2, -0.15) is 0 Å². The Hall–Kier alpha value is -1.04. The number of hydrogen-bond donors (Lipinski definition) is 0. The number of ketones is 1. The Balaban J connectivity index is 1.45. The van der Waals surface area contributed by atoms with E-state index in [-0.39, 0.29) is 11.7 Å². The molecule has 1 aromatic carbocycles. The predicted octanol–water partition coefficient (Wildman–Crippen LogP) is 2.81. The van der Waals surface area contributed by atoms with Gasteiger partial charge in [-0.15, -0.1) is 11.8 Å². The molecular formula is C18H23ClN2O2S. The normalized spacial score (nSPS) is 25.5. The predicted molar refractivity (Wildman–Crippen MR) is 98.8 cm³/mol. The second-order valence-electron chi connectivity index (χ2n) is 6.63. The Morgan fingerprint density at radius 3 is 2.46 bits per heavy atom. The van der Waals surface area contributed by atoms with Crippen LogP contribution in [0, 0.1) is 5.92 Å². The summed E-state index contributed by atoms with van der Waals surface area (Å²) in [7, 11) is 1.91. The van der Waals surface area contributed by atoms with Crippen LogP contribution in [-0.2, 0) is 4.79 Å². The van der Waals surface area contributed by atoms with Crippen molar-refractivity contribution in [3.8, 4) is 0 Å². The minimum atomic E-state index is 0.0370. The van der Waals surface area contributed by atoms with Crippen molar-refractivity contribution in [2.24, 2.45) is 5.92 Å². The quantitative estimate of drug-likeness (QED) is 0.726.